The summed E-state index contributed by atoms with van der Waals surface area (Å²) in [4.78, 5) is 24.5. The van der Waals surface area contributed by atoms with Gasteiger partial charge in [0.2, 0.25) is 0 Å². The van der Waals surface area contributed by atoms with Crippen molar-refractivity contribution in [1.82, 2.24) is 5.32 Å². The summed E-state index contributed by atoms with van der Waals surface area (Å²) in [5.41, 5.74) is 1.20. The number of thiocarbonyl (C=S) groups is 1. The quantitative estimate of drug-likeness (QED) is 0.609. The largest absolute Gasteiger partial charge is 0.459 e. The van der Waals surface area contributed by atoms with Gasteiger partial charge in [-0.3, -0.25) is 14.9 Å². The normalized spacial score (nSPS) is 10.1. The Bertz CT molecular complexity index is 890. The second kappa shape index (κ2) is 7.73. The standard InChI is InChI=1S/C17H13N3O3S2/c21-15(13-6-2-8-23-13)18-11-4-1-5-12(10-11)19-17(24)20-16(22)14-7-3-9-25-14/h1-10H,(H,18,21)(H2,19,20,22,24). The van der Waals surface area contributed by atoms with E-state index in [2.05, 4.69) is 16.0 Å². The zero-order valence-electron chi connectivity index (χ0n) is 12.8. The lowest BCUT2D eigenvalue weighted by Gasteiger charge is -2.10. The Kier molecular flexibility index (Phi) is 5.22. The number of furan rings is 1. The molecule has 0 bridgehead atoms. The highest BCUT2D eigenvalue weighted by Gasteiger charge is 2.10. The van der Waals surface area contributed by atoms with Crippen LogP contribution < -0.4 is 16.0 Å². The van der Waals surface area contributed by atoms with Crippen molar-refractivity contribution in [1.29, 1.82) is 0 Å². The molecule has 3 rings (SSSR count). The Labute approximate surface area is 152 Å². The first-order chi connectivity index (χ1) is 12.1. The first-order valence-electron chi connectivity index (χ1n) is 7.22. The van der Waals surface area contributed by atoms with E-state index in [1.807, 2.05) is 5.38 Å². The molecule has 2 amide bonds. The lowest BCUT2D eigenvalue weighted by atomic mass is 10.2. The highest BCUT2D eigenvalue weighted by molar-refractivity contribution is 7.80. The zero-order chi connectivity index (χ0) is 17.6. The van der Waals surface area contributed by atoms with E-state index in [0.717, 1.165) is 0 Å². The van der Waals surface area contributed by atoms with Crippen LogP contribution in [0.25, 0.3) is 0 Å². The van der Waals surface area contributed by atoms with Gasteiger partial charge in [-0.05, 0) is 54.0 Å². The molecule has 0 saturated heterocycles. The molecule has 0 unspecified atom stereocenters. The summed E-state index contributed by atoms with van der Waals surface area (Å²) >= 11 is 6.47. The summed E-state index contributed by atoms with van der Waals surface area (Å²) < 4.78 is 5.05. The van der Waals surface area contributed by atoms with Gasteiger partial charge in [0, 0.05) is 11.4 Å². The van der Waals surface area contributed by atoms with E-state index >= 15 is 0 Å². The average Bonchev–Trinajstić information content (AvgIpc) is 3.29. The zero-order valence-corrected chi connectivity index (χ0v) is 14.4. The Morgan fingerprint density at radius 2 is 1.76 bits per heavy atom. The fourth-order valence-electron chi connectivity index (χ4n) is 2.01. The molecule has 8 heteroatoms. The van der Waals surface area contributed by atoms with Crippen LogP contribution in [0, 0.1) is 0 Å². The highest BCUT2D eigenvalue weighted by atomic mass is 32.1. The van der Waals surface area contributed by atoms with Gasteiger partial charge in [-0.15, -0.1) is 11.3 Å². The molecule has 0 aliphatic heterocycles. The number of benzene rings is 1. The molecule has 126 valence electrons. The fraction of sp³-hybridized carbons (Fsp3) is 0. The molecule has 2 heterocycles. The minimum atomic E-state index is -0.351. The number of carbonyl (C=O) groups excluding carboxylic acids is 2. The lowest BCUT2D eigenvalue weighted by Crippen LogP contribution is -2.33. The Morgan fingerprint density at radius 3 is 2.44 bits per heavy atom. The van der Waals surface area contributed by atoms with E-state index in [-0.39, 0.29) is 22.7 Å². The van der Waals surface area contributed by atoms with Crippen LogP contribution in [-0.4, -0.2) is 16.9 Å². The number of hydrogen-bond acceptors (Lipinski definition) is 5. The van der Waals surface area contributed by atoms with Crippen molar-refractivity contribution in [2.24, 2.45) is 0 Å². The van der Waals surface area contributed by atoms with Crippen molar-refractivity contribution in [3.63, 3.8) is 0 Å². The Balaban J connectivity index is 1.60. The number of anilines is 2. The fourth-order valence-corrected chi connectivity index (χ4v) is 2.84. The van der Waals surface area contributed by atoms with Gasteiger partial charge in [0.05, 0.1) is 11.1 Å². The second-order valence-corrected chi connectivity index (χ2v) is 6.25. The maximum absolute atomic E-state index is 12.0. The predicted octanol–water partition coefficient (Wildman–Crippen LogP) is 3.72. The van der Waals surface area contributed by atoms with E-state index in [1.165, 1.54) is 17.6 Å². The molecule has 3 aromatic rings. The van der Waals surface area contributed by atoms with Gasteiger partial charge < -0.3 is 15.1 Å². The van der Waals surface area contributed by atoms with Crippen LogP contribution in [0.5, 0.6) is 0 Å². The number of rotatable bonds is 4. The molecule has 1 aromatic carbocycles. The van der Waals surface area contributed by atoms with Gasteiger partial charge >= 0.3 is 0 Å². The minimum Gasteiger partial charge on any atom is -0.459 e. The van der Waals surface area contributed by atoms with Gasteiger partial charge in [-0.1, -0.05) is 12.1 Å². The molecule has 25 heavy (non-hydrogen) atoms. The SMILES string of the molecule is O=C(Nc1cccc(NC(=S)NC(=O)c2cccs2)c1)c1ccco1. The highest BCUT2D eigenvalue weighted by Crippen LogP contribution is 2.16. The molecule has 0 aliphatic carbocycles. The smallest absolute Gasteiger partial charge is 0.291 e. The van der Waals surface area contributed by atoms with E-state index in [4.69, 9.17) is 16.6 Å². The summed E-state index contributed by atoms with van der Waals surface area (Å²) in [6.07, 6.45) is 1.43. The van der Waals surface area contributed by atoms with Crippen LogP contribution in [0.3, 0.4) is 0 Å². The number of thiophene rings is 1. The van der Waals surface area contributed by atoms with Gasteiger partial charge in [-0.2, -0.15) is 0 Å². The van der Waals surface area contributed by atoms with Crippen molar-refractivity contribution in [2.75, 3.05) is 10.6 Å². The van der Waals surface area contributed by atoms with Gasteiger partial charge in [0.25, 0.3) is 11.8 Å². The van der Waals surface area contributed by atoms with Crippen molar-refractivity contribution in [3.05, 3.63) is 70.8 Å². The number of hydrogen-bond donors (Lipinski definition) is 3. The van der Waals surface area contributed by atoms with E-state index < -0.39 is 0 Å². The molecule has 0 fully saturated rings. The van der Waals surface area contributed by atoms with Crippen molar-refractivity contribution in [2.45, 2.75) is 0 Å². The maximum atomic E-state index is 12.0. The third-order valence-electron chi connectivity index (χ3n) is 3.10. The topological polar surface area (TPSA) is 83.4 Å². The molecule has 0 spiro atoms. The molecule has 0 radical (unpaired) electrons. The number of nitrogens with one attached hydrogen (secondary N) is 3. The van der Waals surface area contributed by atoms with Gasteiger partial charge in [-0.25, -0.2) is 0 Å². The molecular weight excluding hydrogens is 358 g/mol. The molecule has 0 aliphatic rings. The second-order valence-electron chi connectivity index (χ2n) is 4.90. The van der Waals surface area contributed by atoms with E-state index in [9.17, 15) is 9.59 Å². The molecular formula is C17H13N3O3S2. The minimum absolute atomic E-state index is 0.174. The average molecular weight is 371 g/mol. The van der Waals surface area contributed by atoms with Crippen molar-refractivity contribution >= 4 is 51.9 Å². The van der Waals surface area contributed by atoms with Crippen LogP contribution in [0.1, 0.15) is 20.2 Å². The van der Waals surface area contributed by atoms with Crippen LogP contribution in [0.4, 0.5) is 11.4 Å². The molecule has 6 nitrogen and oxygen atoms in total. The third kappa shape index (κ3) is 4.52. The Hall–Kier alpha value is -2.97. The van der Waals surface area contributed by atoms with E-state index in [1.54, 1.807) is 48.5 Å². The third-order valence-corrected chi connectivity index (χ3v) is 4.17. The first-order valence-corrected chi connectivity index (χ1v) is 8.51. The first kappa shape index (κ1) is 16.9. The van der Waals surface area contributed by atoms with Gasteiger partial charge in [0.15, 0.2) is 10.9 Å². The summed E-state index contributed by atoms with van der Waals surface area (Å²) in [6.45, 7) is 0. The summed E-state index contributed by atoms with van der Waals surface area (Å²) in [5.74, 6) is -0.400. The summed E-state index contributed by atoms with van der Waals surface area (Å²) in [5, 5.41) is 10.2. The summed E-state index contributed by atoms with van der Waals surface area (Å²) in [6, 6.07) is 13.7. The summed E-state index contributed by atoms with van der Waals surface area (Å²) in [7, 11) is 0. The van der Waals surface area contributed by atoms with E-state index in [0.29, 0.717) is 16.3 Å². The molecule has 0 atom stereocenters. The maximum Gasteiger partial charge on any atom is 0.291 e. The van der Waals surface area contributed by atoms with Crippen molar-refractivity contribution in [3.8, 4) is 0 Å². The number of amides is 2. The molecule has 0 saturated carbocycles. The predicted molar refractivity (Wildman–Crippen MR) is 101 cm³/mol. The van der Waals surface area contributed by atoms with Crippen LogP contribution in [0.2, 0.25) is 0 Å². The molecule has 2 aromatic heterocycles. The monoisotopic (exact) mass is 371 g/mol. The van der Waals surface area contributed by atoms with Crippen LogP contribution in [-0.2, 0) is 0 Å². The molecule has 3 N–H and O–H groups in total. The van der Waals surface area contributed by atoms with Crippen LogP contribution in [0.15, 0.2) is 64.6 Å². The van der Waals surface area contributed by atoms with Crippen molar-refractivity contribution < 1.29 is 14.0 Å². The lowest BCUT2D eigenvalue weighted by molar-refractivity contribution is 0.0978. The van der Waals surface area contributed by atoms with Crippen LogP contribution >= 0.6 is 23.6 Å². The van der Waals surface area contributed by atoms with Gasteiger partial charge in [0.1, 0.15) is 0 Å². The Morgan fingerprint density at radius 1 is 0.960 bits per heavy atom. The number of carbonyl (C=O) groups is 2.